The van der Waals surface area contributed by atoms with E-state index in [9.17, 15) is 14.0 Å². The molecule has 6 nitrogen and oxygen atoms in total. The van der Waals surface area contributed by atoms with Crippen molar-refractivity contribution in [1.29, 1.82) is 0 Å². The first kappa shape index (κ1) is 20.4. The Morgan fingerprint density at radius 1 is 1.00 bits per heavy atom. The monoisotopic (exact) mass is 378 g/mol. The van der Waals surface area contributed by atoms with Crippen LogP contribution in [0.15, 0.2) is 73.3 Å². The zero-order valence-corrected chi connectivity index (χ0v) is 15.2. The van der Waals surface area contributed by atoms with Gasteiger partial charge in [0.2, 0.25) is 5.91 Å². The van der Waals surface area contributed by atoms with E-state index in [-0.39, 0.29) is 11.7 Å². The number of halogens is 1. The molecule has 3 N–H and O–H groups in total. The van der Waals surface area contributed by atoms with Crippen LogP contribution in [0.3, 0.4) is 0 Å². The predicted octanol–water partition coefficient (Wildman–Crippen LogP) is 3.36. The number of benzene rings is 2. The van der Waals surface area contributed by atoms with Crippen LogP contribution in [0.5, 0.6) is 0 Å². The molecule has 3 rings (SSSR count). The third-order valence-corrected chi connectivity index (χ3v) is 3.44. The number of amides is 2. The highest BCUT2D eigenvalue weighted by molar-refractivity contribution is 6.04. The molecule has 0 spiro atoms. The minimum atomic E-state index is -0.478. The van der Waals surface area contributed by atoms with E-state index in [1.807, 2.05) is 19.1 Å². The number of nitrogens with zero attached hydrogens (tertiary/aromatic N) is 2. The lowest BCUT2D eigenvalue weighted by Crippen LogP contribution is -2.11. The molecule has 3 aromatic rings. The topological polar surface area (TPSA) is 98.0 Å². The highest BCUT2D eigenvalue weighted by Gasteiger charge is 2.05. The highest BCUT2D eigenvalue weighted by atomic mass is 19.1. The van der Waals surface area contributed by atoms with Gasteiger partial charge in [0.25, 0.3) is 5.91 Å². The molecule has 0 fully saturated rings. The molecule has 2 amide bonds. The molecule has 0 aliphatic heterocycles. The molecule has 0 aliphatic carbocycles. The van der Waals surface area contributed by atoms with Crippen LogP contribution in [-0.2, 0) is 4.79 Å². The number of hydrogen-bond acceptors (Lipinski definition) is 4. The summed E-state index contributed by atoms with van der Waals surface area (Å²) in [5, 5.41) is 2.70. The lowest BCUT2D eigenvalue weighted by Gasteiger charge is -2.05. The van der Waals surface area contributed by atoms with Crippen molar-refractivity contribution in [3.8, 4) is 0 Å². The second-order valence-electron chi connectivity index (χ2n) is 5.73. The van der Waals surface area contributed by atoms with Gasteiger partial charge in [0.15, 0.2) is 0 Å². The molecule has 2 aromatic carbocycles. The number of hydrogen-bond donors (Lipinski definition) is 2. The first-order valence-corrected chi connectivity index (χ1v) is 8.30. The van der Waals surface area contributed by atoms with Gasteiger partial charge < -0.3 is 11.1 Å². The Kier molecular flexibility index (Phi) is 7.53. The third kappa shape index (κ3) is 7.17. The van der Waals surface area contributed by atoms with E-state index in [0.717, 1.165) is 11.1 Å². The SMILES string of the molecule is Cc1ccc(C(=O)Nc2ccc(F)cc2)cc1.NC(=O)C=Cc1cncnc1. The van der Waals surface area contributed by atoms with Crippen LogP contribution in [0.1, 0.15) is 21.5 Å². The van der Waals surface area contributed by atoms with E-state index in [0.29, 0.717) is 11.3 Å². The first-order chi connectivity index (χ1) is 13.4. The summed E-state index contributed by atoms with van der Waals surface area (Å²) in [6.07, 6.45) is 7.42. The fourth-order valence-corrected chi connectivity index (χ4v) is 2.02. The van der Waals surface area contributed by atoms with Crippen molar-refractivity contribution in [2.45, 2.75) is 6.92 Å². The second kappa shape index (κ2) is 10.3. The largest absolute Gasteiger partial charge is 0.366 e. The van der Waals surface area contributed by atoms with Crippen LogP contribution >= 0.6 is 0 Å². The molecule has 7 heteroatoms. The number of nitrogens with two attached hydrogens (primary N) is 1. The summed E-state index contributed by atoms with van der Waals surface area (Å²) in [6, 6.07) is 12.9. The molecule has 0 unspecified atom stereocenters. The molecule has 0 saturated heterocycles. The lowest BCUT2D eigenvalue weighted by molar-refractivity contribution is -0.113. The number of anilines is 1. The van der Waals surface area contributed by atoms with Gasteiger partial charge in [0.1, 0.15) is 12.1 Å². The summed E-state index contributed by atoms with van der Waals surface area (Å²) in [7, 11) is 0. The number of aryl methyl sites for hydroxylation is 1. The van der Waals surface area contributed by atoms with E-state index < -0.39 is 5.91 Å². The zero-order valence-electron chi connectivity index (χ0n) is 15.2. The van der Waals surface area contributed by atoms with Crippen LogP contribution in [0.4, 0.5) is 10.1 Å². The minimum absolute atomic E-state index is 0.198. The van der Waals surface area contributed by atoms with Gasteiger partial charge in [0, 0.05) is 35.3 Å². The van der Waals surface area contributed by atoms with Gasteiger partial charge in [0.05, 0.1) is 0 Å². The number of rotatable bonds is 4. The van der Waals surface area contributed by atoms with Crippen molar-refractivity contribution in [1.82, 2.24) is 9.97 Å². The summed E-state index contributed by atoms with van der Waals surface area (Å²) in [4.78, 5) is 29.6. The van der Waals surface area contributed by atoms with E-state index in [2.05, 4.69) is 15.3 Å². The number of nitrogens with one attached hydrogen (secondary N) is 1. The van der Waals surface area contributed by atoms with Crippen molar-refractivity contribution in [3.63, 3.8) is 0 Å². The van der Waals surface area contributed by atoms with Gasteiger partial charge in [-0.15, -0.1) is 0 Å². The number of primary amides is 1. The normalized spacial score (nSPS) is 10.1. The van der Waals surface area contributed by atoms with Crippen molar-refractivity contribution in [2.24, 2.45) is 5.73 Å². The minimum Gasteiger partial charge on any atom is -0.366 e. The Morgan fingerprint density at radius 3 is 2.18 bits per heavy atom. The molecule has 0 bridgehead atoms. The maximum absolute atomic E-state index is 12.7. The molecule has 0 atom stereocenters. The summed E-state index contributed by atoms with van der Waals surface area (Å²) in [5.74, 6) is -0.996. The Hall–Kier alpha value is -3.87. The van der Waals surface area contributed by atoms with Gasteiger partial charge in [-0.25, -0.2) is 14.4 Å². The van der Waals surface area contributed by atoms with Crippen LogP contribution in [0.25, 0.3) is 6.08 Å². The fraction of sp³-hybridized carbons (Fsp3) is 0.0476. The number of aromatic nitrogens is 2. The summed E-state index contributed by atoms with van der Waals surface area (Å²) in [5.41, 5.74) is 7.89. The van der Waals surface area contributed by atoms with E-state index in [4.69, 9.17) is 5.73 Å². The van der Waals surface area contributed by atoms with E-state index >= 15 is 0 Å². The highest BCUT2D eigenvalue weighted by Crippen LogP contribution is 2.11. The molecule has 1 heterocycles. The maximum Gasteiger partial charge on any atom is 0.255 e. The summed E-state index contributed by atoms with van der Waals surface area (Å²) >= 11 is 0. The number of carbonyl (C=O) groups excluding carboxylic acids is 2. The fourth-order valence-electron chi connectivity index (χ4n) is 2.02. The van der Waals surface area contributed by atoms with Crippen LogP contribution in [-0.4, -0.2) is 21.8 Å². The van der Waals surface area contributed by atoms with Crippen LogP contribution in [0.2, 0.25) is 0 Å². The molecule has 142 valence electrons. The quantitative estimate of drug-likeness (QED) is 0.680. The molecule has 0 saturated carbocycles. The van der Waals surface area contributed by atoms with E-state index in [1.54, 1.807) is 30.6 Å². The summed E-state index contributed by atoms with van der Waals surface area (Å²) < 4.78 is 12.7. The molecular formula is C21H19FN4O2. The standard InChI is InChI=1S/C14H12FNO.C7H7N3O/c1-10-2-4-11(5-3-10)14(17)16-13-8-6-12(15)7-9-13;8-7(11)2-1-6-3-9-5-10-4-6/h2-9H,1H3,(H,16,17);1-5H,(H2,8,11). The smallest absolute Gasteiger partial charge is 0.255 e. The Morgan fingerprint density at radius 2 is 1.61 bits per heavy atom. The molecule has 0 aliphatic rings. The van der Waals surface area contributed by atoms with Crippen molar-refractivity contribution < 1.29 is 14.0 Å². The maximum atomic E-state index is 12.7. The van der Waals surface area contributed by atoms with Gasteiger partial charge in [-0.1, -0.05) is 17.7 Å². The van der Waals surface area contributed by atoms with Gasteiger partial charge in [-0.05, 0) is 49.4 Å². The van der Waals surface area contributed by atoms with Crippen molar-refractivity contribution in [3.05, 3.63) is 95.8 Å². The predicted molar refractivity (Wildman–Crippen MR) is 106 cm³/mol. The second-order valence-corrected chi connectivity index (χ2v) is 5.73. The Labute approximate surface area is 162 Å². The van der Waals surface area contributed by atoms with Crippen LogP contribution < -0.4 is 11.1 Å². The number of carbonyl (C=O) groups is 2. The van der Waals surface area contributed by atoms with Gasteiger partial charge >= 0.3 is 0 Å². The van der Waals surface area contributed by atoms with Crippen molar-refractivity contribution >= 4 is 23.6 Å². The Bertz CT molecular complexity index is 940. The molecule has 28 heavy (non-hydrogen) atoms. The molecular weight excluding hydrogens is 359 g/mol. The molecule has 0 radical (unpaired) electrons. The van der Waals surface area contributed by atoms with Crippen molar-refractivity contribution in [2.75, 3.05) is 5.32 Å². The third-order valence-electron chi connectivity index (χ3n) is 3.44. The lowest BCUT2D eigenvalue weighted by atomic mass is 10.1. The average molecular weight is 378 g/mol. The average Bonchev–Trinajstić information content (AvgIpc) is 2.70. The summed E-state index contributed by atoms with van der Waals surface area (Å²) in [6.45, 7) is 1.96. The van der Waals surface area contributed by atoms with Gasteiger partial charge in [-0.2, -0.15) is 0 Å². The Balaban J connectivity index is 0.000000221. The van der Waals surface area contributed by atoms with E-state index in [1.165, 1.54) is 36.7 Å². The molecule has 1 aromatic heterocycles. The first-order valence-electron chi connectivity index (χ1n) is 8.30. The zero-order chi connectivity index (χ0) is 20.4. The van der Waals surface area contributed by atoms with Gasteiger partial charge in [-0.3, -0.25) is 9.59 Å². The van der Waals surface area contributed by atoms with Crippen LogP contribution in [0, 0.1) is 12.7 Å².